The predicted molar refractivity (Wildman–Crippen MR) is 65.1 cm³/mol. The first-order chi connectivity index (χ1) is 8.50. The van der Waals surface area contributed by atoms with Gasteiger partial charge in [0.15, 0.2) is 5.58 Å². The lowest BCUT2D eigenvalue weighted by Crippen LogP contribution is -2.42. The van der Waals surface area contributed by atoms with Gasteiger partial charge in [-0.1, -0.05) is 11.6 Å². The van der Waals surface area contributed by atoms with Crippen LogP contribution in [0, 0.1) is 5.82 Å². The van der Waals surface area contributed by atoms with E-state index < -0.39 is 11.2 Å². The van der Waals surface area contributed by atoms with Crippen LogP contribution >= 0.6 is 11.6 Å². The molecule has 4 nitrogen and oxygen atoms in total. The van der Waals surface area contributed by atoms with E-state index in [2.05, 4.69) is 4.98 Å². The molecule has 0 aliphatic carbocycles. The Labute approximate surface area is 108 Å². The molecule has 6 heteroatoms. The number of rotatable bonds is 1. The molecule has 0 saturated carbocycles. The summed E-state index contributed by atoms with van der Waals surface area (Å²) in [6.07, 6.45) is 0. The first-order valence-corrected chi connectivity index (χ1v) is 5.98. The van der Waals surface area contributed by atoms with E-state index in [-0.39, 0.29) is 11.1 Å². The minimum Gasteiger partial charge on any atom is -0.438 e. The lowest BCUT2D eigenvalue weighted by Gasteiger charge is -2.22. The van der Waals surface area contributed by atoms with E-state index in [1.54, 1.807) is 0 Å². The maximum atomic E-state index is 13.2. The number of hydrogen-bond acceptors (Lipinski definition) is 4. The van der Waals surface area contributed by atoms with E-state index >= 15 is 0 Å². The minimum atomic E-state index is -0.501. The third-order valence-corrected chi connectivity index (χ3v) is 3.70. The molecule has 1 aliphatic heterocycles. The molecule has 18 heavy (non-hydrogen) atoms. The number of hydrogen-bond donors (Lipinski definition) is 1. The zero-order valence-corrected chi connectivity index (χ0v) is 10.5. The van der Waals surface area contributed by atoms with Gasteiger partial charge in [-0.15, -0.1) is 0 Å². The van der Waals surface area contributed by atoms with Gasteiger partial charge in [-0.2, -0.15) is 0 Å². The van der Waals surface area contributed by atoms with Gasteiger partial charge < -0.3 is 14.9 Å². The van der Waals surface area contributed by atoms with Gasteiger partial charge in [-0.3, -0.25) is 0 Å². The van der Waals surface area contributed by atoms with Gasteiger partial charge >= 0.3 is 0 Å². The molecule has 0 amide bonds. The number of halogens is 2. The standard InChI is InChI=1S/C12H12ClFN2O2/c1-12(5-17-4-9(12)15)11-16-8-3-6(14)2-7(13)10(8)18-11/h2-3,9H,4-5,15H2,1H3. The number of aromatic nitrogens is 1. The second-order valence-electron chi connectivity index (χ2n) is 4.79. The Bertz CT molecular complexity index is 615. The maximum Gasteiger partial charge on any atom is 0.205 e. The molecule has 1 saturated heterocycles. The van der Waals surface area contributed by atoms with Crippen molar-refractivity contribution in [2.45, 2.75) is 18.4 Å². The van der Waals surface area contributed by atoms with Gasteiger partial charge in [-0.25, -0.2) is 9.37 Å². The average Bonchev–Trinajstić information content (AvgIpc) is 2.85. The maximum absolute atomic E-state index is 13.2. The summed E-state index contributed by atoms with van der Waals surface area (Å²) in [5, 5.41) is 0.208. The second kappa shape index (κ2) is 3.91. The summed E-state index contributed by atoms with van der Waals surface area (Å²) < 4.78 is 24.2. The van der Waals surface area contributed by atoms with Crippen molar-refractivity contribution in [1.29, 1.82) is 0 Å². The van der Waals surface area contributed by atoms with Crippen molar-refractivity contribution in [3.05, 3.63) is 28.9 Å². The Hall–Kier alpha value is -1.17. The summed E-state index contributed by atoms with van der Waals surface area (Å²) in [5.41, 5.74) is 6.28. The molecule has 2 atom stereocenters. The van der Waals surface area contributed by atoms with Gasteiger partial charge in [-0.05, 0) is 13.0 Å². The largest absolute Gasteiger partial charge is 0.438 e. The van der Waals surface area contributed by atoms with Crippen LogP contribution in [-0.4, -0.2) is 24.2 Å². The Morgan fingerprint density at radius 3 is 3.00 bits per heavy atom. The highest BCUT2D eigenvalue weighted by Crippen LogP contribution is 2.35. The first kappa shape index (κ1) is 11.9. The molecule has 3 rings (SSSR count). The smallest absolute Gasteiger partial charge is 0.205 e. The van der Waals surface area contributed by atoms with Crippen LogP contribution in [0.2, 0.25) is 5.02 Å². The monoisotopic (exact) mass is 270 g/mol. The van der Waals surface area contributed by atoms with E-state index in [0.717, 1.165) is 0 Å². The molecule has 1 fully saturated rings. The molecule has 1 aliphatic rings. The summed E-state index contributed by atoms with van der Waals surface area (Å²) >= 11 is 5.93. The summed E-state index contributed by atoms with van der Waals surface area (Å²) in [5.74, 6) is -0.000488. The van der Waals surface area contributed by atoms with Gasteiger partial charge in [0.1, 0.15) is 11.3 Å². The van der Waals surface area contributed by atoms with Crippen LogP contribution < -0.4 is 5.73 Å². The van der Waals surface area contributed by atoms with Crippen molar-refractivity contribution in [1.82, 2.24) is 4.98 Å². The van der Waals surface area contributed by atoms with E-state index in [9.17, 15) is 4.39 Å². The molecule has 2 unspecified atom stereocenters. The van der Waals surface area contributed by atoms with Crippen LogP contribution in [-0.2, 0) is 10.2 Å². The van der Waals surface area contributed by atoms with Gasteiger partial charge in [0.2, 0.25) is 5.89 Å². The topological polar surface area (TPSA) is 61.3 Å². The summed E-state index contributed by atoms with van der Waals surface area (Å²) in [7, 11) is 0. The second-order valence-corrected chi connectivity index (χ2v) is 5.20. The minimum absolute atomic E-state index is 0.200. The summed E-state index contributed by atoms with van der Waals surface area (Å²) in [4.78, 5) is 4.29. The molecule has 2 aromatic rings. The van der Waals surface area contributed by atoms with E-state index in [0.29, 0.717) is 30.2 Å². The molecular weight excluding hydrogens is 259 g/mol. The first-order valence-electron chi connectivity index (χ1n) is 5.60. The zero-order chi connectivity index (χ0) is 12.9. The molecule has 1 aromatic carbocycles. The van der Waals surface area contributed by atoms with Crippen LogP contribution in [0.4, 0.5) is 4.39 Å². The molecule has 0 spiro atoms. The number of oxazole rings is 1. The molecular formula is C12H12ClFN2O2. The highest BCUT2D eigenvalue weighted by molar-refractivity contribution is 6.34. The highest BCUT2D eigenvalue weighted by Gasteiger charge is 2.43. The fourth-order valence-electron chi connectivity index (χ4n) is 2.11. The molecule has 0 radical (unpaired) electrons. The summed E-state index contributed by atoms with van der Waals surface area (Å²) in [6, 6.07) is 2.29. The van der Waals surface area contributed by atoms with Crippen LogP contribution in [0.25, 0.3) is 11.1 Å². The average molecular weight is 271 g/mol. The van der Waals surface area contributed by atoms with Crippen molar-refractivity contribution in [2.75, 3.05) is 13.2 Å². The van der Waals surface area contributed by atoms with Crippen LogP contribution in [0.5, 0.6) is 0 Å². The van der Waals surface area contributed by atoms with Crippen molar-refractivity contribution in [2.24, 2.45) is 5.73 Å². The van der Waals surface area contributed by atoms with Crippen molar-refractivity contribution >= 4 is 22.7 Å². The molecule has 1 aromatic heterocycles. The fourth-order valence-corrected chi connectivity index (χ4v) is 2.35. The Morgan fingerprint density at radius 1 is 1.56 bits per heavy atom. The zero-order valence-electron chi connectivity index (χ0n) is 9.74. The Balaban J connectivity index is 2.17. The quantitative estimate of drug-likeness (QED) is 0.863. The predicted octanol–water partition coefficient (Wildman–Crippen LogP) is 2.24. The van der Waals surface area contributed by atoms with Crippen molar-refractivity contribution < 1.29 is 13.5 Å². The SMILES string of the molecule is CC1(c2nc3cc(F)cc(Cl)c3o2)COCC1N. The van der Waals surface area contributed by atoms with Crippen molar-refractivity contribution in [3.8, 4) is 0 Å². The van der Waals surface area contributed by atoms with E-state index in [1.165, 1.54) is 12.1 Å². The lowest BCUT2D eigenvalue weighted by atomic mass is 9.86. The number of benzene rings is 1. The number of nitrogens with zero attached hydrogens (tertiary/aromatic N) is 1. The van der Waals surface area contributed by atoms with Crippen LogP contribution in [0.3, 0.4) is 0 Å². The van der Waals surface area contributed by atoms with Crippen LogP contribution in [0.1, 0.15) is 12.8 Å². The number of ether oxygens (including phenoxy) is 1. The van der Waals surface area contributed by atoms with Crippen LogP contribution in [0.15, 0.2) is 16.5 Å². The lowest BCUT2D eigenvalue weighted by molar-refractivity contribution is 0.173. The molecule has 0 bridgehead atoms. The number of fused-ring (bicyclic) bond motifs is 1. The van der Waals surface area contributed by atoms with Gasteiger partial charge in [0, 0.05) is 12.1 Å². The van der Waals surface area contributed by atoms with E-state index in [4.69, 9.17) is 26.5 Å². The van der Waals surface area contributed by atoms with Gasteiger partial charge in [0.05, 0.1) is 23.7 Å². The highest BCUT2D eigenvalue weighted by atomic mass is 35.5. The third-order valence-electron chi connectivity index (χ3n) is 3.42. The number of nitrogens with two attached hydrogens (primary N) is 1. The fraction of sp³-hybridized carbons (Fsp3) is 0.417. The van der Waals surface area contributed by atoms with Crippen molar-refractivity contribution in [3.63, 3.8) is 0 Å². The third kappa shape index (κ3) is 1.62. The molecule has 2 heterocycles. The van der Waals surface area contributed by atoms with Gasteiger partial charge in [0.25, 0.3) is 0 Å². The normalized spacial score (nSPS) is 28.1. The van der Waals surface area contributed by atoms with E-state index in [1.807, 2.05) is 6.92 Å². The molecule has 2 N–H and O–H groups in total. The Kier molecular flexibility index (Phi) is 2.59. The molecule has 96 valence electrons. The Morgan fingerprint density at radius 2 is 2.33 bits per heavy atom. The summed E-state index contributed by atoms with van der Waals surface area (Å²) in [6.45, 7) is 2.80.